The summed E-state index contributed by atoms with van der Waals surface area (Å²) < 4.78 is 27.4. The van der Waals surface area contributed by atoms with Crippen LogP contribution in [-0.4, -0.2) is 60.7 Å². The van der Waals surface area contributed by atoms with Gasteiger partial charge in [-0.1, -0.05) is 60.7 Å². The molecule has 8 nitrogen and oxygen atoms in total. The second-order valence-electron chi connectivity index (χ2n) is 10.7. The number of nitrogens with two attached hydrogens (primary N) is 1. The van der Waals surface area contributed by atoms with Gasteiger partial charge in [-0.15, -0.1) is 0 Å². The van der Waals surface area contributed by atoms with E-state index in [0.29, 0.717) is 11.1 Å². The molecule has 5 N–H and O–H groups in total. The quantitative estimate of drug-likeness (QED) is 0.200. The number of hydrogen-bond donors (Lipinski definition) is 4. The smallest absolute Gasteiger partial charge is 0.337 e. The monoisotopic (exact) mass is 561 g/mol. The molecule has 0 saturated carbocycles. The van der Waals surface area contributed by atoms with Crippen LogP contribution in [0.3, 0.4) is 0 Å². The van der Waals surface area contributed by atoms with Crippen LogP contribution >= 0.6 is 0 Å². The summed E-state index contributed by atoms with van der Waals surface area (Å²) in [6.45, 7) is 4.27. The van der Waals surface area contributed by atoms with Gasteiger partial charge in [0.15, 0.2) is 0 Å². The van der Waals surface area contributed by atoms with E-state index in [1.165, 1.54) is 41.6 Å². The summed E-state index contributed by atoms with van der Waals surface area (Å²) in [5.41, 5.74) is 8.21. The Kier molecular flexibility index (Phi) is 8.60. The molecular formula is C31H35N3O5S. The Morgan fingerprint density at radius 2 is 1.60 bits per heavy atom. The number of β-amino-alcohol motifs (C(OH)–C–C–N with tert-alkyl or cyclic N) is 1. The average molecular weight is 562 g/mol. The number of nitrogen functional groups attached to an aromatic ring is 1. The number of benzene rings is 4. The lowest BCUT2D eigenvalue weighted by molar-refractivity contribution is 0.0698. The van der Waals surface area contributed by atoms with Crippen LogP contribution < -0.4 is 11.1 Å². The Balaban J connectivity index is 1.35. The minimum atomic E-state index is -3.84. The van der Waals surface area contributed by atoms with E-state index < -0.39 is 22.1 Å². The summed E-state index contributed by atoms with van der Waals surface area (Å²) in [6.07, 6.45) is -0.166. The van der Waals surface area contributed by atoms with Gasteiger partial charge in [0.05, 0.1) is 16.6 Å². The molecule has 4 aromatic carbocycles. The first-order valence-corrected chi connectivity index (χ1v) is 14.4. The fourth-order valence-electron chi connectivity index (χ4n) is 4.71. The second kappa shape index (κ2) is 11.8. The van der Waals surface area contributed by atoms with Crippen molar-refractivity contribution in [1.82, 2.24) is 9.62 Å². The van der Waals surface area contributed by atoms with Crippen LogP contribution in [0, 0.1) is 0 Å². The van der Waals surface area contributed by atoms with Crippen molar-refractivity contribution >= 4 is 32.5 Å². The number of aliphatic hydroxyl groups excluding tert-OH is 1. The van der Waals surface area contributed by atoms with Gasteiger partial charge in [-0.3, -0.25) is 0 Å². The highest BCUT2D eigenvalue weighted by atomic mass is 32.2. The predicted molar refractivity (Wildman–Crippen MR) is 159 cm³/mol. The van der Waals surface area contributed by atoms with E-state index in [1.54, 1.807) is 24.3 Å². The van der Waals surface area contributed by atoms with Crippen molar-refractivity contribution < 1.29 is 23.4 Å². The van der Waals surface area contributed by atoms with E-state index >= 15 is 0 Å². The van der Waals surface area contributed by atoms with Crippen LogP contribution in [0.5, 0.6) is 0 Å². The van der Waals surface area contributed by atoms with Gasteiger partial charge in [-0.2, -0.15) is 4.31 Å². The number of fused-ring (bicyclic) bond motifs is 1. The summed E-state index contributed by atoms with van der Waals surface area (Å²) in [7, 11) is -2.40. The summed E-state index contributed by atoms with van der Waals surface area (Å²) >= 11 is 0. The first kappa shape index (κ1) is 29.2. The van der Waals surface area contributed by atoms with Gasteiger partial charge in [-0.05, 0) is 72.0 Å². The molecule has 0 bridgehead atoms. The lowest BCUT2D eigenvalue weighted by atomic mass is 9.93. The van der Waals surface area contributed by atoms with Crippen molar-refractivity contribution in [2.75, 3.05) is 25.9 Å². The maximum absolute atomic E-state index is 13.1. The van der Waals surface area contributed by atoms with E-state index in [0.717, 1.165) is 10.7 Å². The molecule has 1 atom stereocenters. The van der Waals surface area contributed by atoms with Crippen LogP contribution in [0.25, 0.3) is 21.9 Å². The number of carboxylic acid groups (broad SMARTS) is 1. The number of nitrogens with zero attached hydrogens (tertiary/aromatic N) is 1. The Morgan fingerprint density at radius 1 is 0.950 bits per heavy atom. The van der Waals surface area contributed by atoms with Crippen LogP contribution in [0.2, 0.25) is 0 Å². The van der Waals surface area contributed by atoms with Gasteiger partial charge in [0.25, 0.3) is 0 Å². The summed E-state index contributed by atoms with van der Waals surface area (Å²) in [4.78, 5) is 11.3. The molecule has 0 aromatic heterocycles. The number of sulfonamides is 1. The molecule has 9 heteroatoms. The number of aromatic carboxylic acids is 1. The van der Waals surface area contributed by atoms with Gasteiger partial charge in [0.2, 0.25) is 10.0 Å². The Hall–Kier alpha value is -3.76. The topological polar surface area (TPSA) is 133 Å². The predicted octanol–water partition coefficient (Wildman–Crippen LogP) is 4.38. The first-order chi connectivity index (χ1) is 18.9. The highest BCUT2D eigenvalue weighted by Gasteiger charge is 2.25. The highest BCUT2D eigenvalue weighted by Crippen LogP contribution is 2.26. The van der Waals surface area contributed by atoms with Crippen molar-refractivity contribution in [2.24, 2.45) is 0 Å². The van der Waals surface area contributed by atoms with Crippen molar-refractivity contribution in [2.45, 2.75) is 36.8 Å². The molecule has 0 radical (unpaired) electrons. The number of carbonyl (C=O) groups is 1. The van der Waals surface area contributed by atoms with Crippen molar-refractivity contribution in [3.63, 3.8) is 0 Å². The SMILES string of the molecule is CN(CC(O)CNC(C)(C)Cc1ccc2ccccc2c1)S(=O)(=O)c1ccc(-c2ccc(C(=O)O)c(N)c2)cc1. The first-order valence-electron chi connectivity index (χ1n) is 13.0. The van der Waals surface area contributed by atoms with Crippen molar-refractivity contribution in [1.29, 1.82) is 0 Å². The standard InChI is InChI=1S/C31H35N3O5S/c1-31(2,18-21-8-9-22-6-4-5-7-24(22)16-21)33-19-26(35)20-34(3)40(38,39)27-13-10-23(11-14-27)25-12-15-28(30(36)37)29(32)17-25/h4-17,26,33,35H,18-20,32H2,1-3H3,(H,36,37). The molecule has 1 unspecified atom stereocenters. The zero-order valence-corrected chi connectivity index (χ0v) is 23.7. The lowest BCUT2D eigenvalue weighted by Gasteiger charge is -2.29. The third kappa shape index (κ3) is 6.86. The van der Waals surface area contributed by atoms with Gasteiger partial charge in [0, 0.05) is 31.4 Å². The summed E-state index contributed by atoms with van der Waals surface area (Å²) in [6, 6.07) is 25.4. The molecule has 0 heterocycles. The number of anilines is 1. The van der Waals surface area contributed by atoms with Crippen LogP contribution in [-0.2, 0) is 16.4 Å². The summed E-state index contributed by atoms with van der Waals surface area (Å²) in [5.74, 6) is -1.11. The molecule has 4 aromatic rings. The number of rotatable bonds is 11. The number of aliphatic hydroxyl groups is 1. The second-order valence-corrected chi connectivity index (χ2v) is 12.7. The third-order valence-corrected chi connectivity index (χ3v) is 8.76. The van der Waals surface area contributed by atoms with Crippen LogP contribution in [0.1, 0.15) is 29.8 Å². The molecule has 0 spiro atoms. The molecule has 0 aliphatic carbocycles. The maximum Gasteiger partial charge on any atom is 0.337 e. The highest BCUT2D eigenvalue weighted by molar-refractivity contribution is 7.89. The number of likely N-dealkylation sites (N-methyl/N-ethyl adjacent to an activating group) is 1. The lowest BCUT2D eigenvalue weighted by Crippen LogP contribution is -2.47. The van der Waals surface area contributed by atoms with E-state index in [-0.39, 0.29) is 34.8 Å². The van der Waals surface area contributed by atoms with E-state index in [9.17, 15) is 18.3 Å². The molecule has 210 valence electrons. The number of carboxylic acids is 1. The minimum absolute atomic E-state index is 0.00898. The van der Waals surface area contributed by atoms with Crippen LogP contribution in [0.4, 0.5) is 5.69 Å². The zero-order valence-electron chi connectivity index (χ0n) is 22.8. The fraction of sp³-hybridized carbons (Fsp3) is 0.258. The van der Waals surface area contributed by atoms with Gasteiger partial charge in [0.1, 0.15) is 0 Å². The molecule has 0 saturated heterocycles. The van der Waals surface area contributed by atoms with E-state index in [1.807, 2.05) is 12.1 Å². The Labute approximate surface area is 235 Å². The van der Waals surface area contributed by atoms with Crippen molar-refractivity contribution in [3.8, 4) is 11.1 Å². The number of hydrogen-bond acceptors (Lipinski definition) is 6. The van der Waals surface area contributed by atoms with E-state index in [4.69, 9.17) is 10.8 Å². The Bertz CT molecular complexity index is 1620. The molecule has 0 aliphatic rings. The molecule has 40 heavy (non-hydrogen) atoms. The van der Waals surface area contributed by atoms with Gasteiger partial charge < -0.3 is 21.3 Å². The Morgan fingerprint density at radius 3 is 2.25 bits per heavy atom. The average Bonchev–Trinajstić information content (AvgIpc) is 2.91. The largest absolute Gasteiger partial charge is 0.478 e. The zero-order chi connectivity index (χ0) is 29.1. The van der Waals surface area contributed by atoms with Crippen molar-refractivity contribution in [3.05, 3.63) is 96.1 Å². The number of nitrogens with one attached hydrogen (secondary N) is 1. The van der Waals surface area contributed by atoms with Gasteiger partial charge in [-0.25, -0.2) is 13.2 Å². The molecule has 0 fully saturated rings. The molecular weight excluding hydrogens is 526 g/mol. The van der Waals surface area contributed by atoms with E-state index in [2.05, 4.69) is 49.5 Å². The summed E-state index contributed by atoms with van der Waals surface area (Å²) in [5, 5.41) is 25.6. The molecule has 4 rings (SSSR count). The molecule has 0 amide bonds. The van der Waals surface area contributed by atoms with Gasteiger partial charge >= 0.3 is 5.97 Å². The fourth-order valence-corrected chi connectivity index (χ4v) is 5.92. The third-order valence-electron chi connectivity index (χ3n) is 6.92. The van der Waals surface area contributed by atoms with Crippen LogP contribution in [0.15, 0.2) is 89.8 Å². The molecule has 0 aliphatic heterocycles. The maximum atomic E-state index is 13.1. The normalized spacial score (nSPS) is 13.0. The minimum Gasteiger partial charge on any atom is -0.478 e.